The van der Waals surface area contributed by atoms with Crippen molar-refractivity contribution in [2.75, 3.05) is 0 Å². The first-order valence-electron chi connectivity index (χ1n) is 13.1. The molecule has 0 aromatic heterocycles. The highest BCUT2D eigenvalue weighted by atomic mass is 19.3. The predicted molar refractivity (Wildman–Crippen MR) is 129 cm³/mol. The number of unbranched alkanes of at least 4 members (excludes halogenated alkanes) is 2. The molecule has 1 aromatic carbocycles. The van der Waals surface area contributed by atoms with E-state index < -0.39 is 11.7 Å². The molecule has 2 aliphatic rings. The van der Waals surface area contributed by atoms with Crippen molar-refractivity contribution in [2.45, 2.75) is 109 Å². The molecule has 2 fully saturated rings. The van der Waals surface area contributed by atoms with Crippen molar-refractivity contribution in [2.24, 2.45) is 17.8 Å². The van der Waals surface area contributed by atoms with E-state index in [-0.39, 0.29) is 5.56 Å². The van der Waals surface area contributed by atoms with Crippen LogP contribution in [0, 0.1) is 17.8 Å². The van der Waals surface area contributed by atoms with Crippen LogP contribution in [-0.2, 0) is 0 Å². The summed E-state index contributed by atoms with van der Waals surface area (Å²) in [7, 11) is 0. The Morgan fingerprint density at radius 1 is 0.906 bits per heavy atom. The minimum absolute atomic E-state index is 0.114. The van der Waals surface area contributed by atoms with E-state index in [1.54, 1.807) is 12.1 Å². The summed E-state index contributed by atoms with van der Waals surface area (Å²) in [5, 5.41) is 0. The highest BCUT2D eigenvalue weighted by Gasteiger charge is 2.34. The van der Waals surface area contributed by atoms with Gasteiger partial charge in [0.2, 0.25) is 5.78 Å². The number of halogens is 2. The van der Waals surface area contributed by atoms with Gasteiger partial charge in [-0.2, -0.15) is 8.78 Å². The summed E-state index contributed by atoms with van der Waals surface area (Å²) in [5.74, 6) is -1.19. The predicted octanol–water partition coefficient (Wildman–Crippen LogP) is 9.13. The van der Waals surface area contributed by atoms with Crippen LogP contribution in [0.25, 0.3) is 0 Å². The first kappa shape index (κ1) is 25.1. The Balaban J connectivity index is 1.38. The molecule has 0 saturated heterocycles. The average Bonchev–Trinajstić information content (AvgIpc) is 2.81. The van der Waals surface area contributed by atoms with Crippen LogP contribution in [0.2, 0.25) is 0 Å². The topological polar surface area (TPSA) is 17.1 Å². The number of benzene rings is 1. The molecule has 3 rings (SSSR count). The number of alkyl halides is 2. The average molecular weight is 445 g/mol. The molecule has 178 valence electrons. The third-order valence-electron chi connectivity index (χ3n) is 8.01. The van der Waals surface area contributed by atoms with Crippen molar-refractivity contribution in [1.29, 1.82) is 0 Å². The van der Waals surface area contributed by atoms with Crippen molar-refractivity contribution in [3.63, 3.8) is 0 Å². The highest BCUT2D eigenvalue weighted by Crippen LogP contribution is 2.44. The van der Waals surface area contributed by atoms with Gasteiger partial charge in [-0.3, -0.25) is 4.79 Å². The molecule has 0 atom stereocenters. The molecule has 0 heterocycles. The number of allylic oxidation sites excluding steroid dienone is 2. The Morgan fingerprint density at radius 3 is 2.03 bits per heavy atom. The van der Waals surface area contributed by atoms with Gasteiger partial charge in [0, 0.05) is 12.5 Å². The number of carbonyl (C=O) groups excluding carboxylic acids is 1. The number of hydrogen-bond donors (Lipinski definition) is 0. The SMILES string of the molecule is CCCC/C=C/CC[C@H]1CC[C@H](C2CCC(c3ccc(C(=O)C(C)(F)F)cc3)CC2)CC1. The molecule has 0 bridgehead atoms. The van der Waals surface area contributed by atoms with E-state index >= 15 is 0 Å². The first-order valence-corrected chi connectivity index (χ1v) is 13.1. The summed E-state index contributed by atoms with van der Waals surface area (Å²) >= 11 is 0. The minimum atomic E-state index is -3.30. The van der Waals surface area contributed by atoms with Gasteiger partial charge in [-0.15, -0.1) is 0 Å². The lowest BCUT2D eigenvalue weighted by Crippen LogP contribution is -2.25. The van der Waals surface area contributed by atoms with Crippen LogP contribution >= 0.6 is 0 Å². The Hall–Kier alpha value is -1.51. The summed E-state index contributed by atoms with van der Waals surface area (Å²) in [4.78, 5) is 11.8. The number of carbonyl (C=O) groups is 1. The van der Waals surface area contributed by atoms with Gasteiger partial charge in [0.25, 0.3) is 0 Å². The monoisotopic (exact) mass is 444 g/mol. The molecule has 0 unspecified atom stereocenters. The van der Waals surface area contributed by atoms with E-state index in [1.165, 1.54) is 89.0 Å². The maximum Gasteiger partial charge on any atom is 0.307 e. The minimum Gasteiger partial charge on any atom is -0.287 e. The van der Waals surface area contributed by atoms with Crippen molar-refractivity contribution >= 4 is 5.78 Å². The summed E-state index contributed by atoms with van der Waals surface area (Å²) in [6, 6.07) is 6.96. The lowest BCUT2D eigenvalue weighted by molar-refractivity contribution is 0.0221. The molecular formula is C29H42F2O. The summed E-state index contributed by atoms with van der Waals surface area (Å²) < 4.78 is 26.5. The van der Waals surface area contributed by atoms with Gasteiger partial charge in [-0.1, -0.05) is 69.0 Å². The van der Waals surface area contributed by atoms with Gasteiger partial charge in [0.15, 0.2) is 0 Å². The zero-order valence-electron chi connectivity index (χ0n) is 20.1. The zero-order valence-corrected chi connectivity index (χ0v) is 20.1. The first-order chi connectivity index (χ1) is 15.4. The van der Waals surface area contributed by atoms with Crippen molar-refractivity contribution in [3.8, 4) is 0 Å². The number of hydrogen-bond acceptors (Lipinski definition) is 1. The van der Waals surface area contributed by atoms with Gasteiger partial charge in [0.1, 0.15) is 0 Å². The van der Waals surface area contributed by atoms with Crippen molar-refractivity contribution in [3.05, 3.63) is 47.5 Å². The summed E-state index contributed by atoms with van der Waals surface area (Å²) in [5.41, 5.74) is 1.32. The second-order valence-electron chi connectivity index (χ2n) is 10.4. The zero-order chi connectivity index (χ0) is 23.0. The standard InChI is InChI=1S/C29H42F2O/c1-3-4-5-6-7-8-9-22-10-12-23(13-11-22)24-14-16-25(17-15-24)26-18-20-27(21-19-26)28(32)29(2,30)31/h6-7,18-25H,3-5,8-17H2,1-2H3/b7-6+/t22-,23-,24?,25?. The van der Waals surface area contributed by atoms with E-state index in [2.05, 4.69) is 19.1 Å². The Bertz CT molecular complexity index is 715. The number of Topliss-reactive ketones (excluding diaryl/α,β-unsaturated/α-hetero) is 1. The quantitative estimate of drug-likeness (QED) is 0.200. The van der Waals surface area contributed by atoms with Gasteiger partial charge >= 0.3 is 5.92 Å². The van der Waals surface area contributed by atoms with E-state index in [9.17, 15) is 13.6 Å². The van der Waals surface area contributed by atoms with Crippen molar-refractivity contribution in [1.82, 2.24) is 0 Å². The second kappa shape index (κ2) is 12.1. The van der Waals surface area contributed by atoms with Gasteiger partial charge in [-0.05, 0) is 87.0 Å². The molecule has 0 N–H and O–H groups in total. The summed E-state index contributed by atoms with van der Waals surface area (Å²) in [6.45, 7) is 2.92. The van der Waals surface area contributed by atoms with Gasteiger partial charge in [-0.25, -0.2) is 0 Å². The largest absolute Gasteiger partial charge is 0.307 e. The van der Waals surface area contributed by atoms with Crippen LogP contribution in [0.1, 0.15) is 119 Å². The smallest absolute Gasteiger partial charge is 0.287 e. The third kappa shape index (κ3) is 7.25. The third-order valence-corrected chi connectivity index (χ3v) is 8.01. The van der Waals surface area contributed by atoms with Crippen LogP contribution in [-0.4, -0.2) is 11.7 Å². The molecule has 0 radical (unpaired) electrons. The van der Waals surface area contributed by atoms with E-state index in [1.807, 2.05) is 12.1 Å². The molecule has 3 heteroatoms. The van der Waals surface area contributed by atoms with Crippen LogP contribution in [0.3, 0.4) is 0 Å². The Labute approximate surface area is 194 Å². The summed E-state index contributed by atoms with van der Waals surface area (Å²) in [6.07, 6.45) is 21.8. The van der Waals surface area contributed by atoms with Crippen molar-refractivity contribution < 1.29 is 13.6 Å². The van der Waals surface area contributed by atoms with Crippen LogP contribution in [0.4, 0.5) is 8.78 Å². The normalized spacial score (nSPS) is 27.0. The van der Waals surface area contributed by atoms with Crippen LogP contribution in [0.5, 0.6) is 0 Å². The molecule has 0 aliphatic heterocycles. The lowest BCUT2D eigenvalue weighted by Gasteiger charge is -2.38. The van der Waals surface area contributed by atoms with Gasteiger partial charge in [0.05, 0.1) is 0 Å². The highest BCUT2D eigenvalue weighted by molar-refractivity contribution is 6.01. The van der Waals surface area contributed by atoms with E-state index in [4.69, 9.17) is 0 Å². The molecule has 2 saturated carbocycles. The maximum absolute atomic E-state index is 13.3. The fourth-order valence-corrected chi connectivity index (χ4v) is 5.92. The number of ketones is 1. The maximum atomic E-state index is 13.3. The second-order valence-corrected chi connectivity index (χ2v) is 10.4. The van der Waals surface area contributed by atoms with Gasteiger partial charge < -0.3 is 0 Å². The molecule has 2 aliphatic carbocycles. The molecule has 0 spiro atoms. The molecule has 32 heavy (non-hydrogen) atoms. The molecule has 1 aromatic rings. The fraction of sp³-hybridized carbons (Fsp3) is 0.690. The number of rotatable bonds is 10. The van der Waals surface area contributed by atoms with E-state index in [0.717, 1.165) is 17.8 Å². The van der Waals surface area contributed by atoms with Crippen LogP contribution < -0.4 is 0 Å². The Morgan fingerprint density at radius 2 is 1.47 bits per heavy atom. The Kier molecular flexibility index (Phi) is 9.49. The van der Waals surface area contributed by atoms with E-state index in [0.29, 0.717) is 12.8 Å². The molecule has 0 amide bonds. The van der Waals surface area contributed by atoms with Crippen LogP contribution in [0.15, 0.2) is 36.4 Å². The molecular weight excluding hydrogens is 402 g/mol. The fourth-order valence-electron chi connectivity index (χ4n) is 5.92. The lowest BCUT2D eigenvalue weighted by atomic mass is 9.68. The molecule has 1 nitrogen and oxygen atoms in total.